The normalized spacial score (nSPS) is 12.8. The van der Waals surface area contributed by atoms with Crippen LogP contribution in [0, 0.1) is 0 Å². The minimum Gasteiger partial charge on any atom is -0.508 e. The van der Waals surface area contributed by atoms with E-state index in [1.807, 2.05) is 6.07 Å². The van der Waals surface area contributed by atoms with Gasteiger partial charge in [0.25, 0.3) is 0 Å². The maximum atomic E-state index is 10.3. The molecular formula is C8H10O3S. The van der Waals surface area contributed by atoms with Gasteiger partial charge in [0.1, 0.15) is 5.75 Å². The number of benzene rings is 1. The summed E-state index contributed by atoms with van der Waals surface area (Å²) in [7, 11) is 0. The van der Waals surface area contributed by atoms with Crippen LogP contribution in [0.3, 0.4) is 0 Å². The molecule has 66 valence electrons. The highest BCUT2D eigenvalue weighted by molar-refractivity contribution is 7.79. The standard InChI is InChI=1S/C8H10O3S/c9-8-3-1-2-7(6-8)4-5-12(10)11/h1-3,6,9H,4-5H2,(H,10,11). The number of phenolic OH excluding ortho intramolecular Hbond substituents is 1. The number of hydrogen-bond acceptors (Lipinski definition) is 2. The Hall–Kier alpha value is -0.870. The highest BCUT2D eigenvalue weighted by Gasteiger charge is 1.97. The van der Waals surface area contributed by atoms with Gasteiger partial charge in [-0.25, -0.2) is 4.21 Å². The summed E-state index contributed by atoms with van der Waals surface area (Å²) >= 11 is -1.75. The van der Waals surface area contributed by atoms with Crippen LogP contribution < -0.4 is 0 Å². The van der Waals surface area contributed by atoms with E-state index in [-0.39, 0.29) is 11.5 Å². The van der Waals surface area contributed by atoms with Gasteiger partial charge in [-0.05, 0) is 24.1 Å². The first-order valence-corrected chi connectivity index (χ1v) is 4.81. The molecule has 0 aromatic heterocycles. The van der Waals surface area contributed by atoms with E-state index in [4.69, 9.17) is 9.66 Å². The van der Waals surface area contributed by atoms with Crippen molar-refractivity contribution in [1.29, 1.82) is 0 Å². The van der Waals surface area contributed by atoms with E-state index in [1.54, 1.807) is 18.2 Å². The van der Waals surface area contributed by atoms with Gasteiger partial charge in [0.05, 0.1) is 5.75 Å². The van der Waals surface area contributed by atoms with Crippen LogP contribution in [0.15, 0.2) is 24.3 Å². The molecule has 0 amide bonds. The van der Waals surface area contributed by atoms with E-state index in [0.717, 1.165) is 5.56 Å². The van der Waals surface area contributed by atoms with Gasteiger partial charge in [-0.15, -0.1) is 0 Å². The Morgan fingerprint density at radius 3 is 2.75 bits per heavy atom. The molecule has 0 spiro atoms. The molecule has 0 aliphatic rings. The Morgan fingerprint density at radius 2 is 2.17 bits per heavy atom. The van der Waals surface area contributed by atoms with Crippen molar-refractivity contribution >= 4 is 11.1 Å². The van der Waals surface area contributed by atoms with E-state index >= 15 is 0 Å². The minimum absolute atomic E-state index is 0.191. The molecule has 0 saturated heterocycles. The van der Waals surface area contributed by atoms with Gasteiger partial charge in [-0.1, -0.05) is 12.1 Å². The molecule has 3 nitrogen and oxygen atoms in total. The largest absolute Gasteiger partial charge is 0.508 e. The second-order valence-electron chi connectivity index (χ2n) is 2.45. The molecule has 1 unspecified atom stereocenters. The molecule has 0 heterocycles. The predicted molar refractivity (Wildman–Crippen MR) is 47.4 cm³/mol. The number of hydrogen-bond donors (Lipinski definition) is 2. The van der Waals surface area contributed by atoms with Crippen molar-refractivity contribution in [3.05, 3.63) is 29.8 Å². The summed E-state index contributed by atoms with van der Waals surface area (Å²) in [5.41, 5.74) is 0.873. The fourth-order valence-corrected chi connectivity index (χ4v) is 1.33. The van der Waals surface area contributed by atoms with Crippen LogP contribution in [0.1, 0.15) is 5.56 Å². The SMILES string of the molecule is O=S(O)CCc1cccc(O)c1. The van der Waals surface area contributed by atoms with E-state index in [9.17, 15) is 4.21 Å². The maximum absolute atomic E-state index is 10.3. The smallest absolute Gasteiger partial charge is 0.153 e. The van der Waals surface area contributed by atoms with Crippen LogP contribution in [0.5, 0.6) is 5.75 Å². The van der Waals surface area contributed by atoms with Crippen molar-refractivity contribution in [1.82, 2.24) is 0 Å². The Morgan fingerprint density at radius 1 is 1.42 bits per heavy atom. The van der Waals surface area contributed by atoms with Gasteiger partial charge < -0.3 is 9.66 Å². The average Bonchev–Trinajstić information content (AvgIpc) is 2.01. The second-order valence-corrected chi connectivity index (χ2v) is 3.50. The van der Waals surface area contributed by atoms with Crippen molar-refractivity contribution in [3.8, 4) is 5.75 Å². The predicted octanol–water partition coefficient (Wildman–Crippen LogP) is 1.16. The Kier molecular flexibility index (Phi) is 3.25. The van der Waals surface area contributed by atoms with Crippen LogP contribution in [0.4, 0.5) is 0 Å². The van der Waals surface area contributed by atoms with E-state index < -0.39 is 11.1 Å². The third kappa shape index (κ3) is 3.02. The molecule has 0 saturated carbocycles. The summed E-state index contributed by atoms with van der Waals surface area (Å²) in [6, 6.07) is 6.68. The molecule has 0 bridgehead atoms. The fraction of sp³-hybridized carbons (Fsp3) is 0.250. The Balaban J connectivity index is 2.57. The second kappa shape index (κ2) is 4.23. The summed E-state index contributed by atoms with van der Waals surface area (Å²) in [6.45, 7) is 0. The number of phenols is 1. The van der Waals surface area contributed by atoms with Gasteiger partial charge in [-0.2, -0.15) is 0 Å². The molecule has 12 heavy (non-hydrogen) atoms. The van der Waals surface area contributed by atoms with Gasteiger partial charge >= 0.3 is 0 Å². The first-order chi connectivity index (χ1) is 5.68. The topological polar surface area (TPSA) is 57.5 Å². The highest BCUT2D eigenvalue weighted by atomic mass is 32.2. The summed E-state index contributed by atoms with van der Waals surface area (Å²) in [4.78, 5) is 0. The van der Waals surface area contributed by atoms with Crippen molar-refractivity contribution in [2.75, 3.05) is 5.75 Å². The van der Waals surface area contributed by atoms with E-state index in [2.05, 4.69) is 0 Å². The third-order valence-electron chi connectivity index (χ3n) is 1.48. The first kappa shape index (κ1) is 9.22. The van der Waals surface area contributed by atoms with E-state index in [1.165, 1.54) is 0 Å². The zero-order valence-corrected chi connectivity index (χ0v) is 7.25. The lowest BCUT2D eigenvalue weighted by atomic mass is 10.2. The Bertz CT molecular complexity index is 285. The van der Waals surface area contributed by atoms with Crippen LogP contribution in [-0.2, 0) is 17.5 Å². The number of rotatable bonds is 3. The summed E-state index contributed by atoms with van der Waals surface area (Å²) in [5, 5.41) is 9.04. The molecule has 1 aromatic rings. The summed E-state index contributed by atoms with van der Waals surface area (Å²) in [5.74, 6) is 0.403. The highest BCUT2D eigenvalue weighted by Crippen LogP contribution is 2.11. The van der Waals surface area contributed by atoms with Gasteiger partial charge in [-0.3, -0.25) is 0 Å². The van der Waals surface area contributed by atoms with E-state index in [0.29, 0.717) is 6.42 Å². The van der Waals surface area contributed by atoms with Gasteiger partial charge in [0.2, 0.25) is 0 Å². The molecule has 2 N–H and O–H groups in total. The van der Waals surface area contributed by atoms with Crippen molar-refractivity contribution < 1.29 is 13.9 Å². The Labute approximate surface area is 73.3 Å². The van der Waals surface area contributed by atoms with Gasteiger partial charge in [0, 0.05) is 0 Å². The third-order valence-corrected chi connectivity index (χ3v) is 2.03. The lowest BCUT2D eigenvalue weighted by molar-refractivity contribution is 0.474. The van der Waals surface area contributed by atoms with Crippen LogP contribution in [0.2, 0.25) is 0 Å². The molecule has 1 aromatic carbocycles. The van der Waals surface area contributed by atoms with Crippen LogP contribution >= 0.6 is 0 Å². The minimum atomic E-state index is -1.75. The quantitative estimate of drug-likeness (QED) is 0.696. The molecule has 4 heteroatoms. The monoisotopic (exact) mass is 186 g/mol. The molecule has 1 rings (SSSR count). The zero-order chi connectivity index (χ0) is 8.97. The average molecular weight is 186 g/mol. The summed E-state index contributed by atoms with van der Waals surface area (Å²) in [6.07, 6.45) is 0.511. The number of aromatic hydroxyl groups is 1. The first-order valence-electron chi connectivity index (χ1n) is 3.54. The van der Waals surface area contributed by atoms with Crippen LogP contribution in [-0.4, -0.2) is 19.6 Å². The van der Waals surface area contributed by atoms with Crippen molar-refractivity contribution in [2.24, 2.45) is 0 Å². The molecule has 0 radical (unpaired) electrons. The lowest BCUT2D eigenvalue weighted by Gasteiger charge is -1.98. The number of aryl methyl sites for hydroxylation is 1. The molecule has 0 fully saturated rings. The molecule has 1 atom stereocenters. The van der Waals surface area contributed by atoms with Crippen molar-refractivity contribution in [2.45, 2.75) is 6.42 Å². The van der Waals surface area contributed by atoms with Gasteiger partial charge in [0.15, 0.2) is 11.1 Å². The fourth-order valence-electron chi connectivity index (χ4n) is 0.917. The molecule has 0 aliphatic heterocycles. The summed E-state index contributed by atoms with van der Waals surface area (Å²) < 4.78 is 18.8. The molecule has 0 aliphatic carbocycles. The maximum Gasteiger partial charge on any atom is 0.153 e. The molecular weight excluding hydrogens is 176 g/mol. The zero-order valence-electron chi connectivity index (χ0n) is 6.43. The van der Waals surface area contributed by atoms with Crippen LogP contribution in [0.25, 0.3) is 0 Å². The van der Waals surface area contributed by atoms with Crippen molar-refractivity contribution in [3.63, 3.8) is 0 Å². The lowest BCUT2D eigenvalue weighted by Crippen LogP contribution is -1.98.